The summed E-state index contributed by atoms with van der Waals surface area (Å²) < 4.78 is 5.45. The molecule has 20 heavy (non-hydrogen) atoms. The lowest BCUT2D eigenvalue weighted by Gasteiger charge is -2.21. The molecular weight excluding hydrogens is 258 g/mol. The van der Waals surface area contributed by atoms with Crippen LogP contribution in [0.5, 0.6) is 5.75 Å². The summed E-state index contributed by atoms with van der Waals surface area (Å²) in [7, 11) is 0. The molecule has 0 radical (unpaired) electrons. The lowest BCUT2D eigenvalue weighted by Crippen LogP contribution is -2.37. The average Bonchev–Trinajstić information content (AvgIpc) is 3.26. The van der Waals surface area contributed by atoms with Crippen LogP contribution < -0.4 is 4.74 Å². The maximum atomic E-state index is 12.5. The smallest absolute Gasteiger partial charge is 0.323 e. The van der Waals surface area contributed by atoms with Crippen molar-refractivity contribution in [3.05, 3.63) is 42.5 Å². The predicted molar refractivity (Wildman–Crippen MR) is 73.8 cm³/mol. The SMILES string of the molecule is C=CCOc1ccccc1C(=O)N(CC(=O)O)C1CC1. The Hall–Kier alpha value is -2.30. The van der Waals surface area contributed by atoms with Crippen LogP contribution in [-0.2, 0) is 4.79 Å². The van der Waals surface area contributed by atoms with Crippen molar-refractivity contribution in [1.82, 2.24) is 4.90 Å². The summed E-state index contributed by atoms with van der Waals surface area (Å²) >= 11 is 0. The topological polar surface area (TPSA) is 66.8 Å². The molecule has 1 fully saturated rings. The minimum atomic E-state index is -1.00. The largest absolute Gasteiger partial charge is 0.489 e. The van der Waals surface area contributed by atoms with E-state index in [1.807, 2.05) is 0 Å². The summed E-state index contributed by atoms with van der Waals surface area (Å²) in [6.45, 7) is 3.58. The molecule has 0 atom stereocenters. The number of carboxylic acids is 1. The number of ether oxygens (including phenoxy) is 1. The molecule has 0 spiro atoms. The van der Waals surface area contributed by atoms with Crippen molar-refractivity contribution in [2.45, 2.75) is 18.9 Å². The van der Waals surface area contributed by atoms with E-state index in [-0.39, 0.29) is 18.5 Å². The molecule has 5 heteroatoms. The molecule has 2 rings (SSSR count). The maximum Gasteiger partial charge on any atom is 0.323 e. The summed E-state index contributed by atoms with van der Waals surface area (Å²) in [5.41, 5.74) is 0.391. The van der Waals surface area contributed by atoms with Crippen molar-refractivity contribution in [2.24, 2.45) is 0 Å². The van der Waals surface area contributed by atoms with Crippen LogP contribution in [-0.4, -0.2) is 41.1 Å². The van der Waals surface area contributed by atoms with Gasteiger partial charge >= 0.3 is 5.97 Å². The van der Waals surface area contributed by atoms with E-state index in [4.69, 9.17) is 9.84 Å². The molecule has 0 aromatic heterocycles. The Balaban J connectivity index is 2.21. The molecule has 0 aliphatic heterocycles. The highest BCUT2D eigenvalue weighted by Gasteiger charge is 2.35. The maximum absolute atomic E-state index is 12.5. The molecule has 0 heterocycles. The molecule has 1 N–H and O–H groups in total. The number of hydrogen-bond donors (Lipinski definition) is 1. The minimum Gasteiger partial charge on any atom is -0.489 e. The van der Waals surface area contributed by atoms with E-state index in [9.17, 15) is 9.59 Å². The van der Waals surface area contributed by atoms with Crippen LogP contribution in [0.3, 0.4) is 0 Å². The second kappa shape index (κ2) is 6.23. The first-order valence-electron chi connectivity index (χ1n) is 6.49. The Morgan fingerprint density at radius 2 is 2.10 bits per heavy atom. The van der Waals surface area contributed by atoms with Gasteiger partial charge in [-0.2, -0.15) is 0 Å². The standard InChI is InChI=1S/C15H17NO4/c1-2-9-20-13-6-4-3-5-12(13)15(19)16(10-14(17)18)11-7-8-11/h2-6,11H,1,7-10H2,(H,17,18). The van der Waals surface area contributed by atoms with E-state index in [1.54, 1.807) is 30.3 Å². The summed E-state index contributed by atoms with van der Waals surface area (Å²) in [6, 6.07) is 6.89. The predicted octanol–water partition coefficient (Wildman–Crippen LogP) is 1.94. The molecule has 1 amide bonds. The van der Waals surface area contributed by atoms with Gasteiger partial charge in [0.1, 0.15) is 18.9 Å². The zero-order valence-corrected chi connectivity index (χ0v) is 11.1. The van der Waals surface area contributed by atoms with Crippen molar-refractivity contribution in [2.75, 3.05) is 13.2 Å². The van der Waals surface area contributed by atoms with E-state index in [0.717, 1.165) is 12.8 Å². The van der Waals surface area contributed by atoms with Crippen LogP contribution in [0.25, 0.3) is 0 Å². The summed E-state index contributed by atoms with van der Waals surface area (Å²) in [4.78, 5) is 24.8. The average molecular weight is 275 g/mol. The van der Waals surface area contributed by atoms with Crippen molar-refractivity contribution in [3.63, 3.8) is 0 Å². The summed E-state index contributed by atoms with van der Waals surface area (Å²) in [5.74, 6) is -0.849. The number of carbonyl (C=O) groups is 2. The molecule has 5 nitrogen and oxygen atoms in total. The highest BCUT2D eigenvalue weighted by atomic mass is 16.5. The first kappa shape index (κ1) is 14.1. The molecule has 1 saturated carbocycles. The molecule has 1 aliphatic rings. The fraction of sp³-hybridized carbons (Fsp3) is 0.333. The normalized spacial score (nSPS) is 13.6. The van der Waals surface area contributed by atoms with E-state index in [0.29, 0.717) is 17.9 Å². The number of amides is 1. The molecule has 0 bridgehead atoms. The molecular formula is C15H17NO4. The van der Waals surface area contributed by atoms with E-state index < -0.39 is 5.97 Å². The van der Waals surface area contributed by atoms with E-state index in [1.165, 1.54) is 4.90 Å². The number of hydrogen-bond acceptors (Lipinski definition) is 3. The minimum absolute atomic E-state index is 0.0334. The number of benzene rings is 1. The van der Waals surface area contributed by atoms with E-state index >= 15 is 0 Å². The van der Waals surface area contributed by atoms with Crippen LogP contribution >= 0.6 is 0 Å². The fourth-order valence-electron chi connectivity index (χ4n) is 1.97. The van der Waals surface area contributed by atoms with Gasteiger partial charge in [0.25, 0.3) is 5.91 Å². The molecule has 0 unspecified atom stereocenters. The second-order valence-corrected chi connectivity index (χ2v) is 4.65. The van der Waals surface area contributed by atoms with Gasteiger partial charge in [0.05, 0.1) is 5.56 Å². The highest BCUT2D eigenvalue weighted by Crippen LogP contribution is 2.30. The van der Waals surface area contributed by atoms with Crippen LogP contribution in [0.1, 0.15) is 23.2 Å². The Kier molecular flexibility index (Phi) is 4.40. The molecule has 1 aromatic rings. The number of aliphatic carboxylic acids is 1. The number of para-hydroxylation sites is 1. The first-order valence-corrected chi connectivity index (χ1v) is 6.49. The van der Waals surface area contributed by atoms with Gasteiger partial charge in [-0.1, -0.05) is 24.8 Å². The summed E-state index contributed by atoms with van der Waals surface area (Å²) in [6.07, 6.45) is 3.31. The first-order chi connectivity index (χ1) is 9.63. The Morgan fingerprint density at radius 3 is 2.70 bits per heavy atom. The quantitative estimate of drug-likeness (QED) is 0.772. The number of carboxylic acid groups (broad SMARTS) is 1. The third-order valence-corrected chi connectivity index (χ3v) is 3.03. The Labute approximate surface area is 117 Å². The number of carbonyl (C=O) groups excluding carboxylic acids is 1. The molecule has 0 saturated heterocycles. The number of rotatable bonds is 7. The van der Waals surface area contributed by atoms with Gasteiger partial charge in [0, 0.05) is 6.04 Å². The highest BCUT2D eigenvalue weighted by molar-refractivity contribution is 5.98. The van der Waals surface area contributed by atoms with Gasteiger partial charge in [0.15, 0.2) is 0 Å². The van der Waals surface area contributed by atoms with Gasteiger partial charge in [-0.15, -0.1) is 0 Å². The van der Waals surface area contributed by atoms with Crippen molar-refractivity contribution in [1.29, 1.82) is 0 Å². The fourth-order valence-corrected chi connectivity index (χ4v) is 1.97. The van der Waals surface area contributed by atoms with E-state index in [2.05, 4.69) is 6.58 Å². The van der Waals surface area contributed by atoms with Crippen LogP contribution in [0.15, 0.2) is 36.9 Å². The lowest BCUT2D eigenvalue weighted by molar-refractivity contribution is -0.137. The van der Waals surface area contributed by atoms with Crippen LogP contribution in [0.2, 0.25) is 0 Å². The van der Waals surface area contributed by atoms with Gasteiger partial charge < -0.3 is 14.7 Å². The Bertz CT molecular complexity index is 522. The van der Waals surface area contributed by atoms with Crippen molar-refractivity contribution < 1.29 is 19.4 Å². The van der Waals surface area contributed by atoms with Crippen LogP contribution in [0, 0.1) is 0 Å². The Morgan fingerprint density at radius 1 is 1.40 bits per heavy atom. The second-order valence-electron chi connectivity index (χ2n) is 4.65. The summed E-state index contributed by atoms with van der Waals surface area (Å²) in [5, 5.41) is 8.93. The third kappa shape index (κ3) is 3.38. The zero-order chi connectivity index (χ0) is 14.5. The van der Waals surface area contributed by atoms with Crippen molar-refractivity contribution >= 4 is 11.9 Å². The third-order valence-electron chi connectivity index (χ3n) is 3.03. The van der Waals surface area contributed by atoms with Gasteiger partial charge in [-0.25, -0.2) is 0 Å². The molecule has 106 valence electrons. The molecule has 1 aliphatic carbocycles. The monoisotopic (exact) mass is 275 g/mol. The van der Waals surface area contributed by atoms with Gasteiger partial charge in [-0.3, -0.25) is 9.59 Å². The van der Waals surface area contributed by atoms with Gasteiger partial charge in [0.2, 0.25) is 0 Å². The van der Waals surface area contributed by atoms with Crippen molar-refractivity contribution in [3.8, 4) is 5.75 Å². The van der Waals surface area contributed by atoms with Gasteiger partial charge in [-0.05, 0) is 25.0 Å². The molecule has 1 aromatic carbocycles. The number of nitrogens with zero attached hydrogens (tertiary/aromatic N) is 1. The zero-order valence-electron chi connectivity index (χ0n) is 11.1. The lowest BCUT2D eigenvalue weighted by atomic mass is 10.1. The van der Waals surface area contributed by atoms with Crippen LogP contribution in [0.4, 0.5) is 0 Å².